The largest absolute Gasteiger partial charge is 0.451 e. The quantitative estimate of drug-likeness (QED) is 0.0879. The minimum atomic E-state index is -5.27. The predicted molar refractivity (Wildman–Crippen MR) is 124 cm³/mol. The number of halogens is 6. The second kappa shape index (κ2) is 9.08. The number of nitrogens with one attached hydrogen (secondary N) is 2. The highest BCUT2D eigenvalue weighted by atomic mass is 19.4. The van der Waals surface area contributed by atoms with Gasteiger partial charge >= 0.3 is 30.3 Å². The van der Waals surface area contributed by atoms with Crippen molar-refractivity contribution >= 4 is 29.8 Å². The van der Waals surface area contributed by atoms with Gasteiger partial charge in [-0.1, -0.05) is 0 Å². The van der Waals surface area contributed by atoms with Gasteiger partial charge in [0, 0.05) is 7.05 Å². The van der Waals surface area contributed by atoms with Crippen LogP contribution in [0.2, 0.25) is 0 Å². The number of likely N-dealkylation sites (N-methyl/N-ethyl adjacent to an activating group) is 1. The van der Waals surface area contributed by atoms with Crippen LogP contribution >= 0.6 is 0 Å². The Morgan fingerprint density at radius 1 is 1.19 bits per heavy atom. The molecule has 4 atom stereocenters. The number of amides is 3. The molecular weight excluding hydrogens is 586 g/mol. The Balaban J connectivity index is 1.49. The highest BCUT2D eigenvalue weighted by molar-refractivity contribution is 6.02. The van der Waals surface area contributed by atoms with E-state index < -0.39 is 95.6 Å². The predicted octanol–water partition coefficient (Wildman–Crippen LogP) is -3.10. The van der Waals surface area contributed by atoms with Gasteiger partial charge in [0.1, 0.15) is 12.6 Å². The summed E-state index contributed by atoms with van der Waals surface area (Å²) >= 11 is 0. The number of rotatable bonds is 4. The summed E-state index contributed by atoms with van der Waals surface area (Å²) in [5.41, 5.74) is 4.88. The first kappa shape index (κ1) is 29.2. The van der Waals surface area contributed by atoms with Gasteiger partial charge in [0.2, 0.25) is 5.91 Å². The van der Waals surface area contributed by atoms with E-state index in [0.29, 0.717) is 0 Å². The van der Waals surface area contributed by atoms with Crippen LogP contribution in [0, 0.1) is 0 Å². The van der Waals surface area contributed by atoms with E-state index in [1.807, 2.05) is 0 Å². The van der Waals surface area contributed by atoms with Gasteiger partial charge < -0.3 is 25.6 Å². The van der Waals surface area contributed by atoms with E-state index in [1.54, 1.807) is 0 Å². The zero-order valence-corrected chi connectivity index (χ0v) is 21.3. The van der Waals surface area contributed by atoms with E-state index in [4.69, 9.17) is 16.2 Å². The Labute approximate surface area is 231 Å². The number of aliphatic hydroxyl groups is 2. The van der Waals surface area contributed by atoms with Crippen LogP contribution in [0.1, 0.15) is 21.5 Å². The number of ether oxygens (including phenoxy) is 1. The van der Waals surface area contributed by atoms with E-state index in [0.717, 1.165) is 14.7 Å². The Morgan fingerprint density at radius 2 is 1.86 bits per heavy atom. The molecule has 0 saturated carbocycles. The highest BCUT2D eigenvalue weighted by Gasteiger charge is 2.77. The molecule has 1 spiro atoms. The number of hydrogen-bond acceptors (Lipinski definition) is 11. The van der Waals surface area contributed by atoms with Gasteiger partial charge in [0.15, 0.2) is 18.1 Å². The maximum atomic E-state index is 13.6. The number of alkyl halides is 6. The summed E-state index contributed by atoms with van der Waals surface area (Å²) in [5.74, 6) is -6.46. The monoisotopic (exact) mass is 609 g/mol. The average Bonchev–Trinajstić information content (AvgIpc) is 3.43. The molecule has 4 aliphatic heterocycles. The number of aliphatic imine (C=N–C) groups is 1. The number of nitrogens with zero attached hydrogens (tertiary/aromatic N) is 4. The molecule has 1 aromatic rings. The van der Waals surface area contributed by atoms with Crippen LogP contribution in [0.25, 0.3) is 0 Å². The lowest BCUT2D eigenvalue weighted by molar-refractivity contribution is -0.522. The zero-order valence-electron chi connectivity index (χ0n) is 21.3. The van der Waals surface area contributed by atoms with Crippen molar-refractivity contribution in [3.05, 3.63) is 34.9 Å². The molecule has 4 heterocycles. The summed E-state index contributed by atoms with van der Waals surface area (Å²) < 4.78 is 85.5. The number of hydrogen-bond donors (Lipinski definition) is 6. The van der Waals surface area contributed by atoms with E-state index in [-0.39, 0.29) is 30.7 Å². The standard InChI is InChI=1S/C22H22F6N8O6/c1-34-7-13(37)35(18(34)39)5-11-14-19(33-16(29)32-14)20(40,41)12(6-36(19)17(30)31-11)42-15(38)9-4-8(21(23,24)25)2-3-10(9)22(26,27)28/h2-4,11-12,14,40-41H,5-7H2,1H3,(H2,30,31)(H3,29,32,33)/p+1/t11-,12-,14-,19-/m0/s1. The van der Waals surface area contributed by atoms with E-state index >= 15 is 0 Å². The minimum Gasteiger partial charge on any atom is -0.451 e. The van der Waals surface area contributed by atoms with Crippen LogP contribution < -0.4 is 21.8 Å². The third kappa shape index (κ3) is 4.23. The molecule has 14 nitrogen and oxygen atoms in total. The number of guanidine groups is 2. The summed E-state index contributed by atoms with van der Waals surface area (Å²) in [6.07, 6.45) is -12.5. The number of urea groups is 1. The normalized spacial score (nSPS) is 28.8. The fraction of sp³-hybridized carbons (Fsp3) is 0.500. The van der Waals surface area contributed by atoms with Crippen molar-refractivity contribution in [2.45, 2.75) is 42.0 Å². The lowest BCUT2D eigenvalue weighted by Crippen LogP contribution is -2.90. The van der Waals surface area contributed by atoms with Crippen LogP contribution in [-0.4, -0.2) is 111 Å². The van der Waals surface area contributed by atoms with Crippen molar-refractivity contribution in [1.29, 1.82) is 0 Å². The molecule has 0 unspecified atom stereocenters. The Morgan fingerprint density at radius 3 is 2.43 bits per heavy atom. The molecule has 4 aliphatic rings. The first-order chi connectivity index (χ1) is 19.3. The average molecular weight is 609 g/mol. The molecular formula is C22H23F6N8O6+. The molecule has 5 rings (SSSR count). The molecule has 2 fully saturated rings. The molecule has 2 saturated heterocycles. The second-order valence-electron chi connectivity index (χ2n) is 10.1. The third-order valence-corrected chi connectivity index (χ3v) is 7.55. The maximum absolute atomic E-state index is 13.6. The number of carbonyl (C=O) groups is 3. The zero-order chi connectivity index (χ0) is 31.2. The summed E-state index contributed by atoms with van der Waals surface area (Å²) in [4.78, 5) is 47.6. The molecule has 20 heteroatoms. The summed E-state index contributed by atoms with van der Waals surface area (Å²) in [5, 5.41) is 25.3. The lowest BCUT2D eigenvalue weighted by Gasteiger charge is -2.46. The van der Waals surface area contributed by atoms with Gasteiger partial charge in [-0.3, -0.25) is 25.3 Å². The first-order valence-corrected chi connectivity index (χ1v) is 12.1. The molecule has 0 bridgehead atoms. The number of carbonyl (C=O) groups excluding carboxylic acids is 3. The van der Waals surface area contributed by atoms with Gasteiger partial charge in [-0.15, -0.1) is 0 Å². The number of esters is 1. The van der Waals surface area contributed by atoms with Gasteiger partial charge in [0.25, 0.3) is 11.4 Å². The van der Waals surface area contributed by atoms with E-state index in [1.165, 1.54) is 7.05 Å². The van der Waals surface area contributed by atoms with Crippen molar-refractivity contribution in [2.24, 2.45) is 16.5 Å². The lowest BCUT2D eigenvalue weighted by atomic mass is 9.85. The summed E-state index contributed by atoms with van der Waals surface area (Å²) in [6, 6.07) is -3.01. The molecule has 0 aromatic heterocycles. The van der Waals surface area contributed by atoms with Crippen LogP contribution in [0.3, 0.4) is 0 Å². The van der Waals surface area contributed by atoms with Crippen molar-refractivity contribution in [2.75, 3.05) is 26.7 Å². The molecule has 1 aromatic carbocycles. The summed E-state index contributed by atoms with van der Waals surface area (Å²) in [7, 11) is 1.38. The minimum absolute atomic E-state index is 0.0565. The van der Waals surface area contributed by atoms with E-state index in [2.05, 4.69) is 15.3 Å². The van der Waals surface area contributed by atoms with Gasteiger partial charge in [-0.25, -0.2) is 19.9 Å². The van der Waals surface area contributed by atoms with Crippen molar-refractivity contribution < 1.29 is 60.7 Å². The van der Waals surface area contributed by atoms with Crippen LogP contribution in [0.15, 0.2) is 23.2 Å². The van der Waals surface area contributed by atoms with Crippen molar-refractivity contribution in [3.8, 4) is 0 Å². The third-order valence-electron chi connectivity index (χ3n) is 7.55. The molecule has 0 aliphatic carbocycles. The molecule has 8 N–H and O–H groups in total. The number of nitrogens with two attached hydrogens (primary N) is 2. The molecule has 42 heavy (non-hydrogen) atoms. The maximum Gasteiger partial charge on any atom is 0.417 e. The Hall–Kier alpha value is -4.33. The van der Waals surface area contributed by atoms with Crippen LogP contribution in [-0.2, 0) is 21.9 Å². The molecule has 3 amide bonds. The van der Waals surface area contributed by atoms with Crippen molar-refractivity contribution in [1.82, 2.24) is 20.0 Å². The Kier molecular flexibility index (Phi) is 6.31. The fourth-order valence-corrected chi connectivity index (χ4v) is 5.62. The highest BCUT2D eigenvalue weighted by Crippen LogP contribution is 2.43. The second-order valence-corrected chi connectivity index (χ2v) is 10.1. The Bertz CT molecular complexity index is 1430. The van der Waals surface area contributed by atoms with Gasteiger partial charge in [0.05, 0.1) is 29.8 Å². The topological polar surface area (TPSA) is 201 Å². The van der Waals surface area contributed by atoms with Gasteiger partial charge in [-0.05, 0) is 18.2 Å². The first-order valence-electron chi connectivity index (χ1n) is 12.1. The SMILES string of the molecule is CN1CC(=O)N(C[C@@H]2N=C(N)N3C[C@H](OC(=O)c4cc(C(F)(F)F)ccc4C(F)(F)F)C(O)(O)[C@@]34NC(N)=[NH+][C@@H]24)C1=O. The summed E-state index contributed by atoms with van der Waals surface area (Å²) in [6.45, 7) is -1.36. The smallest absolute Gasteiger partial charge is 0.417 e. The van der Waals surface area contributed by atoms with Crippen LogP contribution in [0.4, 0.5) is 31.1 Å². The van der Waals surface area contributed by atoms with Crippen LogP contribution in [0.5, 0.6) is 0 Å². The number of benzene rings is 1. The van der Waals surface area contributed by atoms with E-state index in [9.17, 15) is 50.9 Å². The van der Waals surface area contributed by atoms with Crippen molar-refractivity contribution in [3.63, 3.8) is 0 Å². The molecule has 228 valence electrons. The molecule has 0 radical (unpaired) electrons. The fourth-order valence-electron chi connectivity index (χ4n) is 5.62. The van der Waals surface area contributed by atoms with Gasteiger partial charge in [-0.2, -0.15) is 26.3 Å². The number of imide groups is 1.